The van der Waals surface area contributed by atoms with Gasteiger partial charge in [-0.1, -0.05) is 32.3 Å². The zero-order valence-corrected chi connectivity index (χ0v) is 11.9. The van der Waals surface area contributed by atoms with Crippen molar-refractivity contribution in [3.8, 4) is 0 Å². The van der Waals surface area contributed by atoms with Gasteiger partial charge in [0, 0.05) is 11.9 Å². The van der Waals surface area contributed by atoms with E-state index in [4.69, 9.17) is 11.6 Å². The van der Waals surface area contributed by atoms with Crippen LogP contribution in [-0.2, 0) is 6.54 Å². The van der Waals surface area contributed by atoms with E-state index in [2.05, 4.69) is 6.92 Å². The molecular weight excluding hydrogens is 260 g/mol. The van der Waals surface area contributed by atoms with Gasteiger partial charge in [0.05, 0.1) is 6.54 Å². The number of hydrazine groups is 1. The fourth-order valence-corrected chi connectivity index (χ4v) is 1.93. The number of nitrogens with two attached hydrogens (primary N) is 2. The van der Waals surface area contributed by atoms with Crippen LogP contribution in [0.5, 0.6) is 0 Å². The fourth-order valence-electron chi connectivity index (χ4n) is 1.93. The second-order valence-electron chi connectivity index (χ2n) is 4.94. The number of nitrogens with zero attached hydrogens (tertiary/aromatic N) is 1. The Morgan fingerprint density at radius 3 is 2.60 bits per heavy atom. The third-order valence-electron chi connectivity index (χ3n) is 3.00. The van der Waals surface area contributed by atoms with Crippen LogP contribution in [0.4, 0.5) is 8.78 Å². The van der Waals surface area contributed by atoms with E-state index in [0.717, 1.165) is 31.4 Å². The first-order chi connectivity index (χ1) is 9.52. The van der Waals surface area contributed by atoms with Gasteiger partial charge in [-0.2, -0.15) is 0 Å². The molecule has 0 saturated heterocycles. The molecule has 20 heavy (non-hydrogen) atoms. The SMILES string of the molecule is CCCCCC/C(N)=C/N(N)Cc1ccc(F)c(F)c1. The third kappa shape index (κ3) is 6.02. The smallest absolute Gasteiger partial charge is 0.159 e. The van der Waals surface area contributed by atoms with Crippen molar-refractivity contribution in [3.05, 3.63) is 47.3 Å². The van der Waals surface area contributed by atoms with Gasteiger partial charge >= 0.3 is 0 Å². The maximum absolute atomic E-state index is 13.1. The molecule has 0 fully saturated rings. The van der Waals surface area contributed by atoms with Crippen molar-refractivity contribution in [1.29, 1.82) is 0 Å². The van der Waals surface area contributed by atoms with E-state index >= 15 is 0 Å². The van der Waals surface area contributed by atoms with E-state index in [9.17, 15) is 8.78 Å². The van der Waals surface area contributed by atoms with Crippen LogP contribution in [0.1, 0.15) is 44.6 Å². The molecular formula is C15H23F2N3. The normalized spacial score (nSPS) is 11.7. The van der Waals surface area contributed by atoms with E-state index in [-0.39, 0.29) is 6.54 Å². The Morgan fingerprint density at radius 1 is 1.20 bits per heavy atom. The molecule has 0 radical (unpaired) electrons. The second-order valence-corrected chi connectivity index (χ2v) is 4.94. The van der Waals surface area contributed by atoms with Gasteiger partial charge in [0.2, 0.25) is 0 Å². The van der Waals surface area contributed by atoms with E-state index in [0.29, 0.717) is 11.3 Å². The lowest BCUT2D eigenvalue weighted by Crippen LogP contribution is -2.26. The van der Waals surface area contributed by atoms with Crippen LogP contribution in [-0.4, -0.2) is 5.01 Å². The van der Waals surface area contributed by atoms with Crippen LogP contribution in [0.3, 0.4) is 0 Å². The number of benzene rings is 1. The molecule has 3 nitrogen and oxygen atoms in total. The summed E-state index contributed by atoms with van der Waals surface area (Å²) in [5.41, 5.74) is 7.17. The molecule has 1 aromatic rings. The maximum Gasteiger partial charge on any atom is 0.159 e. The minimum atomic E-state index is -0.868. The van der Waals surface area contributed by atoms with Gasteiger partial charge in [0.1, 0.15) is 0 Å². The molecule has 0 saturated carbocycles. The zero-order chi connectivity index (χ0) is 15.0. The van der Waals surface area contributed by atoms with Crippen molar-refractivity contribution in [1.82, 2.24) is 5.01 Å². The molecule has 0 bridgehead atoms. The summed E-state index contributed by atoms with van der Waals surface area (Å²) >= 11 is 0. The van der Waals surface area contributed by atoms with Crippen LogP contribution in [0.25, 0.3) is 0 Å². The van der Waals surface area contributed by atoms with E-state index in [1.807, 2.05) is 0 Å². The first kappa shape index (κ1) is 16.4. The lowest BCUT2D eigenvalue weighted by atomic mass is 10.1. The Morgan fingerprint density at radius 2 is 1.95 bits per heavy atom. The lowest BCUT2D eigenvalue weighted by molar-refractivity contribution is 0.379. The Labute approximate surface area is 119 Å². The summed E-state index contributed by atoms with van der Waals surface area (Å²) < 4.78 is 25.9. The molecule has 4 N–H and O–H groups in total. The standard InChI is InChI=1S/C15H23F2N3/c1-2-3-4-5-6-13(18)11-20(19)10-12-7-8-14(16)15(17)9-12/h7-9,11H,2-6,10,18-19H2,1H3/b13-11-. The zero-order valence-electron chi connectivity index (χ0n) is 11.9. The van der Waals surface area contributed by atoms with Gasteiger partial charge in [-0.25, -0.2) is 14.6 Å². The van der Waals surface area contributed by atoms with Gasteiger partial charge in [-0.3, -0.25) is 0 Å². The molecule has 0 spiro atoms. The summed E-state index contributed by atoms with van der Waals surface area (Å²) in [5, 5.41) is 1.39. The van der Waals surface area contributed by atoms with Crippen LogP contribution < -0.4 is 11.6 Å². The van der Waals surface area contributed by atoms with Gasteiger partial charge in [0.25, 0.3) is 0 Å². The number of hydrogen-bond acceptors (Lipinski definition) is 3. The molecule has 0 amide bonds. The Hall–Kier alpha value is -1.62. The third-order valence-corrected chi connectivity index (χ3v) is 3.00. The molecule has 0 heterocycles. The Kier molecular flexibility index (Phi) is 7.01. The summed E-state index contributed by atoms with van der Waals surface area (Å²) in [7, 11) is 0. The predicted molar refractivity (Wildman–Crippen MR) is 77.1 cm³/mol. The molecule has 0 aliphatic carbocycles. The Balaban J connectivity index is 2.44. The van der Waals surface area contributed by atoms with Crippen LogP contribution in [0.2, 0.25) is 0 Å². The highest BCUT2D eigenvalue weighted by atomic mass is 19.2. The van der Waals surface area contributed by atoms with Crippen LogP contribution >= 0.6 is 0 Å². The van der Waals surface area contributed by atoms with Crippen molar-refractivity contribution >= 4 is 0 Å². The molecule has 0 atom stereocenters. The Bertz CT molecular complexity index is 447. The van der Waals surface area contributed by atoms with Crippen molar-refractivity contribution in [2.45, 2.75) is 45.6 Å². The lowest BCUT2D eigenvalue weighted by Gasteiger charge is -2.15. The van der Waals surface area contributed by atoms with Crippen LogP contribution in [0.15, 0.2) is 30.1 Å². The van der Waals surface area contributed by atoms with Gasteiger partial charge in [-0.15, -0.1) is 0 Å². The predicted octanol–water partition coefficient (Wildman–Crippen LogP) is 3.41. The molecule has 5 heteroatoms. The monoisotopic (exact) mass is 283 g/mol. The van der Waals surface area contributed by atoms with Crippen molar-refractivity contribution < 1.29 is 8.78 Å². The number of allylic oxidation sites excluding steroid dienone is 1. The van der Waals surface area contributed by atoms with Gasteiger partial charge < -0.3 is 10.7 Å². The molecule has 0 aliphatic rings. The summed E-state index contributed by atoms with van der Waals surface area (Å²) in [6.45, 7) is 2.44. The molecule has 112 valence electrons. The average Bonchev–Trinajstić information content (AvgIpc) is 2.39. The largest absolute Gasteiger partial charge is 0.401 e. The highest BCUT2D eigenvalue weighted by Gasteiger charge is 2.04. The molecule has 1 rings (SSSR count). The minimum absolute atomic E-state index is 0.285. The van der Waals surface area contributed by atoms with E-state index in [1.165, 1.54) is 23.9 Å². The highest BCUT2D eigenvalue weighted by Crippen LogP contribution is 2.11. The molecule has 0 aromatic heterocycles. The van der Waals surface area contributed by atoms with E-state index in [1.54, 1.807) is 6.20 Å². The van der Waals surface area contributed by atoms with Crippen molar-refractivity contribution in [2.75, 3.05) is 0 Å². The first-order valence-electron chi connectivity index (χ1n) is 6.94. The van der Waals surface area contributed by atoms with Crippen LogP contribution in [0, 0.1) is 11.6 Å². The van der Waals surface area contributed by atoms with E-state index < -0.39 is 11.6 Å². The maximum atomic E-state index is 13.1. The first-order valence-corrected chi connectivity index (χ1v) is 6.94. The number of unbranched alkanes of at least 4 members (excludes halogenated alkanes) is 3. The molecule has 1 aromatic carbocycles. The number of halogens is 2. The molecule has 0 unspecified atom stereocenters. The number of rotatable bonds is 8. The van der Waals surface area contributed by atoms with Crippen molar-refractivity contribution in [2.24, 2.45) is 11.6 Å². The topological polar surface area (TPSA) is 55.3 Å². The van der Waals surface area contributed by atoms with Crippen molar-refractivity contribution in [3.63, 3.8) is 0 Å². The van der Waals surface area contributed by atoms with Gasteiger partial charge in [-0.05, 0) is 30.5 Å². The van der Waals surface area contributed by atoms with Gasteiger partial charge in [0.15, 0.2) is 11.6 Å². The highest BCUT2D eigenvalue weighted by molar-refractivity contribution is 5.18. The summed E-state index contributed by atoms with van der Waals surface area (Å²) in [4.78, 5) is 0. The molecule has 0 aliphatic heterocycles. The average molecular weight is 283 g/mol. The summed E-state index contributed by atoms with van der Waals surface area (Å²) in [5.74, 6) is 4.06. The fraction of sp³-hybridized carbons (Fsp3) is 0.467. The summed E-state index contributed by atoms with van der Waals surface area (Å²) in [6.07, 6.45) is 7.02. The quantitative estimate of drug-likeness (QED) is 0.437. The second kappa shape index (κ2) is 8.53. The summed E-state index contributed by atoms with van der Waals surface area (Å²) in [6, 6.07) is 3.74. The minimum Gasteiger partial charge on any atom is -0.401 e. The number of hydrogen-bond donors (Lipinski definition) is 2.